The molecule has 0 saturated heterocycles. The molecule has 0 saturated carbocycles. The summed E-state index contributed by atoms with van der Waals surface area (Å²) in [5, 5.41) is 10.7. The molecule has 0 heterocycles. The average molecular weight is 286 g/mol. The van der Waals surface area contributed by atoms with Crippen molar-refractivity contribution in [3.63, 3.8) is 0 Å². The third-order valence-corrected chi connectivity index (χ3v) is 2.88. The molecule has 0 N–H and O–H groups in total. The predicted molar refractivity (Wildman–Crippen MR) is 65.3 cm³/mol. The molecule has 0 radical (unpaired) electrons. The molecule has 0 fully saturated rings. The molecule has 0 aliphatic rings. The van der Waals surface area contributed by atoms with Gasteiger partial charge in [0, 0.05) is 6.07 Å². The summed E-state index contributed by atoms with van der Waals surface area (Å²) in [6, 6.07) is 4.91. The highest BCUT2D eigenvalue weighted by Crippen LogP contribution is 2.28. The highest BCUT2D eigenvalue weighted by molar-refractivity contribution is 9.10. The first-order valence-electron chi connectivity index (χ1n) is 4.77. The number of ether oxygens (including phenoxy) is 1. The molecular formula is C11H12BrNO3. The Balaban J connectivity index is 2.73. The normalized spacial score (nSPS) is 10.9. The zero-order valence-electron chi connectivity index (χ0n) is 8.85. The van der Waals surface area contributed by atoms with Gasteiger partial charge in [-0.3, -0.25) is 10.1 Å². The van der Waals surface area contributed by atoms with Crippen molar-refractivity contribution >= 4 is 21.6 Å². The first-order chi connectivity index (χ1) is 7.66. The Morgan fingerprint density at radius 1 is 1.56 bits per heavy atom. The standard InChI is InChI=1S/C11H12BrNO3/c1-2-3-7-16-8-9-5-4-6-10(11(9)12)13(14)15/h2-6H,7-8H2,1H3/b3-2+. The van der Waals surface area contributed by atoms with E-state index in [0.717, 1.165) is 5.56 Å². The van der Waals surface area contributed by atoms with Gasteiger partial charge in [0.05, 0.1) is 18.1 Å². The monoisotopic (exact) mass is 285 g/mol. The van der Waals surface area contributed by atoms with E-state index in [-0.39, 0.29) is 5.69 Å². The minimum atomic E-state index is -0.417. The molecule has 0 aliphatic carbocycles. The lowest BCUT2D eigenvalue weighted by Crippen LogP contribution is -1.97. The van der Waals surface area contributed by atoms with Crippen molar-refractivity contribution in [2.75, 3.05) is 6.61 Å². The molecule has 5 heteroatoms. The molecule has 0 bridgehead atoms. The molecule has 0 atom stereocenters. The summed E-state index contributed by atoms with van der Waals surface area (Å²) in [4.78, 5) is 10.3. The summed E-state index contributed by atoms with van der Waals surface area (Å²) in [5.41, 5.74) is 0.839. The van der Waals surface area contributed by atoms with Gasteiger partial charge in [0.15, 0.2) is 0 Å². The summed E-state index contributed by atoms with van der Waals surface area (Å²) in [6.07, 6.45) is 3.77. The van der Waals surface area contributed by atoms with Crippen molar-refractivity contribution < 1.29 is 9.66 Å². The van der Waals surface area contributed by atoms with Gasteiger partial charge in [0.2, 0.25) is 0 Å². The van der Waals surface area contributed by atoms with Crippen molar-refractivity contribution in [2.24, 2.45) is 0 Å². The summed E-state index contributed by atoms with van der Waals surface area (Å²) in [6.45, 7) is 2.77. The molecule has 1 rings (SSSR count). The maximum atomic E-state index is 10.7. The van der Waals surface area contributed by atoms with Crippen LogP contribution in [0.1, 0.15) is 12.5 Å². The van der Waals surface area contributed by atoms with Gasteiger partial charge in [-0.1, -0.05) is 24.3 Å². The van der Waals surface area contributed by atoms with E-state index in [1.54, 1.807) is 12.1 Å². The number of rotatable bonds is 5. The zero-order chi connectivity index (χ0) is 12.0. The van der Waals surface area contributed by atoms with Crippen LogP contribution >= 0.6 is 15.9 Å². The molecule has 1 aromatic carbocycles. The van der Waals surface area contributed by atoms with Crippen LogP contribution in [0.15, 0.2) is 34.8 Å². The lowest BCUT2D eigenvalue weighted by atomic mass is 10.2. The molecule has 0 aromatic heterocycles. The van der Waals surface area contributed by atoms with Crippen LogP contribution in [0.3, 0.4) is 0 Å². The Morgan fingerprint density at radius 3 is 2.94 bits per heavy atom. The lowest BCUT2D eigenvalue weighted by molar-refractivity contribution is -0.385. The molecule has 0 spiro atoms. The fourth-order valence-electron chi connectivity index (χ4n) is 1.15. The van der Waals surface area contributed by atoms with Crippen molar-refractivity contribution in [2.45, 2.75) is 13.5 Å². The summed E-state index contributed by atoms with van der Waals surface area (Å²) in [5.74, 6) is 0. The van der Waals surface area contributed by atoms with E-state index in [9.17, 15) is 10.1 Å². The molecule has 0 unspecified atom stereocenters. The van der Waals surface area contributed by atoms with Gasteiger partial charge in [-0.05, 0) is 28.4 Å². The number of hydrogen-bond donors (Lipinski definition) is 0. The van der Waals surface area contributed by atoms with Crippen LogP contribution in [0.4, 0.5) is 5.69 Å². The SMILES string of the molecule is C/C=C/COCc1cccc([N+](=O)[O-])c1Br. The Hall–Kier alpha value is -1.20. The second kappa shape index (κ2) is 6.40. The molecule has 86 valence electrons. The Bertz CT molecular complexity index is 404. The van der Waals surface area contributed by atoms with Gasteiger partial charge in [-0.15, -0.1) is 0 Å². The quantitative estimate of drug-likeness (QED) is 0.360. The number of nitro groups is 1. The number of nitro benzene ring substituents is 1. The number of halogens is 1. The van der Waals surface area contributed by atoms with Gasteiger partial charge in [0.1, 0.15) is 4.47 Å². The van der Waals surface area contributed by atoms with Gasteiger partial charge < -0.3 is 4.74 Å². The third kappa shape index (κ3) is 3.43. The fourth-order valence-corrected chi connectivity index (χ4v) is 1.68. The summed E-state index contributed by atoms with van der Waals surface area (Å²) < 4.78 is 5.82. The van der Waals surface area contributed by atoms with E-state index in [2.05, 4.69) is 15.9 Å². The van der Waals surface area contributed by atoms with Crippen molar-refractivity contribution in [3.05, 3.63) is 50.5 Å². The zero-order valence-corrected chi connectivity index (χ0v) is 10.4. The third-order valence-electron chi connectivity index (χ3n) is 1.96. The van der Waals surface area contributed by atoms with Crippen LogP contribution in [-0.2, 0) is 11.3 Å². The maximum Gasteiger partial charge on any atom is 0.283 e. The highest BCUT2D eigenvalue weighted by Gasteiger charge is 2.14. The number of benzene rings is 1. The first kappa shape index (κ1) is 12.9. The lowest BCUT2D eigenvalue weighted by Gasteiger charge is -2.04. The van der Waals surface area contributed by atoms with E-state index in [1.165, 1.54) is 6.07 Å². The largest absolute Gasteiger partial charge is 0.373 e. The van der Waals surface area contributed by atoms with E-state index in [4.69, 9.17) is 4.74 Å². The Kier molecular flexibility index (Phi) is 5.14. The predicted octanol–water partition coefficient (Wildman–Crippen LogP) is 3.45. The van der Waals surface area contributed by atoms with Crippen molar-refractivity contribution in [3.8, 4) is 0 Å². The minimum absolute atomic E-state index is 0.0622. The van der Waals surface area contributed by atoms with E-state index >= 15 is 0 Å². The van der Waals surface area contributed by atoms with E-state index in [1.807, 2.05) is 19.1 Å². The van der Waals surface area contributed by atoms with Crippen LogP contribution < -0.4 is 0 Å². The number of hydrogen-bond acceptors (Lipinski definition) is 3. The van der Waals surface area contributed by atoms with Crippen LogP contribution in [-0.4, -0.2) is 11.5 Å². The Labute approximate surface area is 102 Å². The fraction of sp³-hybridized carbons (Fsp3) is 0.273. The molecule has 4 nitrogen and oxygen atoms in total. The smallest absolute Gasteiger partial charge is 0.283 e. The van der Waals surface area contributed by atoms with Crippen LogP contribution in [0.25, 0.3) is 0 Å². The van der Waals surface area contributed by atoms with E-state index in [0.29, 0.717) is 17.7 Å². The summed E-state index contributed by atoms with van der Waals surface area (Å²) >= 11 is 3.21. The van der Waals surface area contributed by atoms with Crippen LogP contribution in [0.5, 0.6) is 0 Å². The van der Waals surface area contributed by atoms with Crippen molar-refractivity contribution in [1.29, 1.82) is 0 Å². The second-order valence-electron chi connectivity index (χ2n) is 3.09. The van der Waals surface area contributed by atoms with Gasteiger partial charge >= 0.3 is 0 Å². The van der Waals surface area contributed by atoms with E-state index < -0.39 is 4.92 Å². The number of allylic oxidation sites excluding steroid dienone is 1. The van der Waals surface area contributed by atoms with Crippen LogP contribution in [0, 0.1) is 10.1 Å². The summed E-state index contributed by atoms with van der Waals surface area (Å²) in [7, 11) is 0. The second-order valence-corrected chi connectivity index (χ2v) is 3.88. The molecule has 1 aromatic rings. The molecule has 16 heavy (non-hydrogen) atoms. The van der Waals surface area contributed by atoms with Gasteiger partial charge in [-0.2, -0.15) is 0 Å². The molecule has 0 aliphatic heterocycles. The van der Waals surface area contributed by atoms with Crippen molar-refractivity contribution in [1.82, 2.24) is 0 Å². The topological polar surface area (TPSA) is 52.4 Å². The van der Waals surface area contributed by atoms with Gasteiger partial charge in [0.25, 0.3) is 5.69 Å². The number of nitrogens with zero attached hydrogens (tertiary/aromatic N) is 1. The highest BCUT2D eigenvalue weighted by atomic mass is 79.9. The Morgan fingerprint density at radius 2 is 2.31 bits per heavy atom. The maximum absolute atomic E-state index is 10.7. The van der Waals surface area contributed by atoms with Gasteiger partial charge in [-0.25, -0.2) is 0 Å². The minimum Gasteiger partial charge on any atom is -0.373 e. The van der Waals surface area contributed by atoms with Crippen LogP contribution in [0.2, 0.25) is 0 Å². The molecule has 0 amide bonds. The first-order valence-corrected chi connectivity index (χ1v) is 5.56. The average Bonchev–Trinajstić information content (AvgIpc) is 2.26. The molecular weight excluding hydrogens is 274 g/mol.